The standard InChI is InChI=1S/C14H31N3/c1-5-14(4)17-9-7-16(8-10-17)12-13(3)11-15-6-2/h13-15H,5-12H2,1-4H3. The summed E-state index contributed by atoms with van der Waals surface area (Å²) in [5.74, 6) is 0.769. The van der Waals surface area contributed by atoms with E-state index in [1.807, 2.05) is 0 Å². The Morgan fingerprint density at radius 1 is 1.06 bits per heavy atom. The molecule has 0 saturated carbocycles. The summed E-state index contributed by atoms with van der Waals surface area (Å²) >= 11 is 0. The summed E-state index contributed by atoms with van der Waals surface area (Å²) in [5.41, 5.74) is 0. The Morgan fingerprint density at radius 3 is 2.24 bits per heavy atom. The fourth-order valence-electron chi connectivity index (χ4n) is 2.54. The van der Waals surface area contributed by atoms with E-state index in [4.69, 9.17) is 0 Å². The van der Waals surface area contributed by atoms with Gasteiger partial charge in [0.1, 0.15) is 0 Å². The molecule has 1 saturated heterocycles. The number of hydrogen-bond donors (Lipinski definition) is 1. The first kappa shape index (κ1) is 14.9. The van der Waals surface area contributed by atoms with E-state index in [1.54, 1.807) is 0 Å². The van der Waals surface area contributed by atoms with E-state index >= 15 is 0 Å². The zero-order valence-corrected chi connectivity index (χ0v) is 12.2. The van der Waals surface area contributed by atoms with Gasteiger partial charge in [0, 0.05) is 38.8 Å². The van der Waals surface area contributed by atoms with Gasteiger partial charge < -0.3 is 10.2 Å². The van der Waals surface area contributed by atoms with Gasteiger partial charge in [-0.05, 0) is 32.4 Å². The Bertz CT molecular complexity index is 188. The van der Waals surface area contributed by atoms with E-state index in [-0.39, 0.29) is 0 Å². The third kappa shape index (κ3) is 5.36. The summed E-state index contributed by atoms with van der Waals surface area (Å²) in [4.78, 5) is 5.26. The molecular formula is C14H31N3. The molecule has 17 heavy (non-hydrogen) atoms. The topological polar surface area (TPSA) is 18.5 Å². The zero-order valence-electron chi connectivity index (χ0n) is 12.2. The van der Waals surface area contributed by atoms with Crippen molar-refractivity contribution >= 4 is 0 Å². The van der Waals surface area contributed by atoms with Crippen LogP contribution in [-0.2, 0) is 0 Å². The van der Waals surface area contributed by atoms with Crippen LogP contribution in [0.15, 0.2) is 0 Å². The molecule has 0 spiro atoms. The molecule has 0 aromatic rings. The average molecular weight is 241 g/mol. The van der Waals surface area contributed by atoms with Crippen molar-refractivity contribution in [2.45, 2.75) is 40.2 Å². The number of nitrogens with zero attached hydrogens (tertiary/aromatic N) is 2. The highest BCUT2D eigenvalue weighted by Gasteiger charge is 2.20. The highest BCUT2D eigenvalue weighted by molar-refractivity contribution is 4.76. The minimum absolute atomic E-state index is 0.760. The first-order chi connectivity index (χ1) is 8.17. The second-order valence-corrected chi connectivity index (χ2v) is 5.51. The normalized spacial score (nSPS) is 22.6. The maximum Gasteiger partial charge on any atom is 0.0113 e. The number of nitrogens with one attached hydrogen (secondary N) is 1. The Labute approximate surface area is 108 Å². The maximum atomic E-state index is 3.44. The molecule has 0 aromatic heterocycles. The molecule has 1 aliphatic heterocycles. The summed E-state index contributed by atoms with van der Waals surface area (Å²) in [6, 6.07) is 0.760. The van der Waals surface area contributed by atoms with Crippen LogP contribution in [0.1, 0.15) is 34.1 Å². The SMILES string of the molecule is CCNCC(C)CN1CCN(C(C)CC)CC1. The van der Waals surface area contributed by atoms with Crippen molar-refractivity contribution < 1.29 is 0 Å². The lowest BCUT2D eigenvalue weighted by molar-refractivity contribution is 0.0916. The number of piperazine rings is 1. The lowest BCUT2D eigenvalue weighted by atomic mass is 10.1. The van der Waals surface area contributed by atoms with E-state index in [0.29, 0.717) is 0 Å². The van der Waals surface area contributed by atoms with Crippen molar-refractivity contribution in [1.29, 1.82) is 0 Å². The molecule has 0 amide bonds. The van der Waals surface area contributed by atoms with E-state index in [2.05, 4.69) is 42.8 Å². The second kappa shape index (κ2) is 8.06. The molecular weight excluding hydrogens is 210 g/mol. The van der Waals surface area contributed by atoms with Crippen molar-refractivity contribution in [3.63, 3.8) is 0 Å². The van der Waals surface area contributed by atoms with Gasteiger partial charge in [0.05, 0.1) is 0 Å². The van der Waals surface area contributed by atoms with E-state index < -0.39 is 0 Å². The first-order valence-corrected chi connectivity index (χ1v) is 7.34. The quantitative estimate of drug-likeness (QED) is 0.731. The van der Waals surface area contributed by atoms with Crippen LogP contribution in [0.4, 0.5) is 0 Å². The van der Waals surface area contributed by atoms with Crippen LogP contribution in [0.2, 0.25) is 0 Å². The fourth-order valence-corrected chi connectivity index (χ4v) is 2.54. The average Bonchev–Trinajstić information content (AvgIpc) is 2.36. The molecule has 1 N–H and O–H groups in total. The molecule has 0 radical (unpaired) electrons. The summed E-state index contributed by atoms with van der Waals surface area (Å²) in [6.45, 7) is 17.7. The summed E-state index contributed by atoms with van der Waals surface area (Å²) in [7, 11) is 0. The minimum atomic E-state index is 0.760. The summed E-state index contributed by atoms with van der Waals surface area (Å²) in [6.07, 6.45) is 1.27. The van der Waals surface area contributed by atoms with E-state index in [1.165, 1.54) is 39.1 Å². The van der Waals surface area contributed by atoms with Gasteiger partial charge >= 0.3 is 0 Å². The van der Waals surface area contributed by atoms with Gasteiger partial charge in [-0.3, -0.25) is 4.90 Å². The van der Waals surface area contributed by atoms with Crippen molar-refractivity contribution in [2.75, 3.05) is 45.8 Å². The monoisotopic (exact) mass is 241 g/mol. The van der Waals surface area contributed by atoms with Crippen LogP contribution < -0.4 is 5.32 Å². The van der Waals surface area contributed by atoms with Crippen molar-refractivity contribution in [1.82, 2.24) is 15.1 Å². The predicted octanol–water partition coefficient (Wildman–Crippen LogP) is 1.65. The Morgan fingerprint density at radius 2 is 1.71 bits per heavy atom. The van der Waals surface area contributed by atoms with Gasteiger partial charge in [-0.15, -0.1) is 0 Å². The van der Waals surface area contributed by atoms with Gasteiger partial charge in [-0.1, -0.05) is 20.8 Å². The molecule has 2 unspecified atom stereocenters. The zero-order chi connectivity index (χ0) is 12.7. The van der Waals surface area contributed by atoms with Gasteiger partial charge in [-0.2, -0.15) is 0 Å². The molecule has 0 aliphatic carbocycles. The Kier molecular flexibility index (Phi) is 7.09. The molecule has 0 aromatic carbocycles. The van der Waals surface area contributed by atoms with Gasteiger partial charge in [0.2, 0.25) is 0 Å². The van der Waals surface area contributed by atoms with E-state index in [9.17, 15) is 0 Å². The van der Waals surface area contributed by atoms with Crippen LogP contribution in [0, 0.1) is 5.92 Å². The molecule has 0 bridgehead atoms. The third-order valence-corrected chi connectivity index (χ3v) is 3.93. The van der Waals surface area contributed by atoms with Gasteiger partial charge in [-0.25, -0.2) is 0 Å². The summed E-state index contributed by atoms with van der Waals surface area (Å²) in [5, 5.41) is 3.44. The number of hydrogen-bond acceptors (Lipinski definition) is 3. The Hall–Kier alpha value is -0.120. The lowest BCUT2D eigenvalue weighted by Crippen LogP contribution is -2.50. The highest BCUT2D eigenvalue weighted by Crippen LogP contribution is 2.10. The van der Waals surface area contributed by atoms with E-state index in [0.717, 1.165) is 25.0 Å². The molecule has 3 nitrogen and oxygen atoms in total. The van der Waals surface area contributed by atoms with Crippen LogP contribution in [-0.4, -0.2) is 61.7 Å². The second-order valence-electron chi connectivity index (χ2n) is 5.51. The molecule has 1 fully saturated rings. The fraction of sp³-hybridized carbons (Fsp3) is 1.00. The van der Waals surface area contributed by atoms with Crippen LogP contribution >= 0.6 is 0 Å². The highest BCUT2D eigenvalue weighted by atomic mass is 15.3. The Balaban J connectivity index is 2.18. The van der Waals surface area contributed by atoms with Crippen molar-refractivity contribution in [3.05, 3.63) is 0 Å². The predicted molar refractivity (Wildman–Crippen MR) is 75.5 cm³/mol. The molecule has 1 heterocycles. The van der Waals surface area contributed by atoms with Gasteiger partial charge in [0.25, 0.3) is 0 Å². The summed E-state index contributed by atoms with van der Waals surface area (Å²) < 4.78 is 0. The number of rotatable bonds is 7. The maximum absolute atomic E-state index is 3.44. The third-order valence-electron chi connectivity index (χ3n) is 3.93. The molecule has 1 aliphatic rings. The first-order valence-electron chi connectivity index (χ1n) is 7.34. The van der Waals surface area contributed by atoms with Crippen LogP contribution in [0.25, 0.3) is 0 Å². The lowest BCUT2D eigenvalue weighted by Gasteiger charge is -2.38. The van der Waals surface area contributed by atoms with Crippen LogP contribution in [0.3, 0.4) is 0 Å². The largest absolute Gasteiger partial charge is 0.317 e. The van der Waals surface area contributed by atoms with Gasteiger partial charge in [0.15, 0.2) is 0 Å². The van der Waals surface area contributed by atoms with Crippen molar-refractivity contribution in [3.8, 4) is 0 Å². The molecule has 1 rings (SSSR count). The van der Waals surface area contributed by atoms with Crippen molar-refractivity contribution in [2.24, 2.45) is 5.92 Å². The molecule has 2 atom stereocenters. The minimum Gasteiger partial charge on any atom is -0.317 e. The molecule has 3 heteroatoms. The van der Waals surface area contributed by atoms with Crippen LogP contribution in [0.5, 0.6) is 0 Å². The molecule has 102 valence electrons. The smallest absolute Gasteiger partial charge is 0.0113 e.